The smallest absolute Gasteiger partial charge is 0.0900 e. The van der Waals surface area contributed by atoms with Crippen molar-refractivity contribution in [1.29, 1.82) is 0 Å². The van der Waals surface area contributed by atoms with Gasteiger partial charge in [0.25, 0.3) is 0 Å². The average molecular weight is 466 g/mol. The first-order chi connectivity index (χ1) is 16.5. The molecule has 0 spiro atoms. The van der Waals surface area contributed by atoms with Gasteiger partial charge in [-0.05, 0) is 92.9 Å². The number of hydrogen-bond donors (Lipinski definition) is 1. The number of hydrogen-bond acceptors (Lipinski definition) is 4. The number of rotatable bonds is 4. The third-order valence-electron chi connectivity index (χ3n) is 6.18. The van der Waals surface area contributed by atoms with Crippen LogP contribution in [0.25, 0.3) is 28.1 Å². The van der Waals surface area contributed by atoms with Gasteiger partial charge in [-0.3, -0.25) is 9.98 Å². The van der Waals surface area contributed by atoms with Crippen molar-refractivity contribution in [2.45, 2.75) is 32.7 Å². The van der Waals surface area contributed by atoms with Gasteiger partial charge in [-0.25, -0.2) is 4.98 Å². The molecule has 0 saturated heterocycles. The Bertz CT molecular complexity index is 1560. The first-order valence-corrected chi connectivity index (χ1v) is 11.9. The van der Waals surface area contributed by atoms with E-state index in [-0.39, 0.29) is 0 Å². The number of halogens is 1. The van der Waals surface area contributed by atoms with E-state index in [9.17, 15) is 0 Å². The number of fused-ring (bicyclic) bond motifs is 2. The first-order valence-electron chi connectivity index (χ1n) is 11.5. The van der Waals surface area contributed by atoms with Gasteiger partial charge in [0.2, 0.25) is 0 Å². The molecular weight excluding hydrogens is 442 g/mol. The standard InChI is InChI=1S/C28H24ClN5/c1-17-5-12-23-27(14-17)34(21-10-6-19(29)7-11-21)28-16-25(31-20-8-9-20)24(15-26(28)33-23)32-22-4-3-13-30-18(22)2/h3-7,10-16,20,32H,8-9H2,1-2H3/b31-25+. The number of aryl methyl sites for hydroxylation is 2. The summed E-state index contributed by atoms with van der Waals surface area (Å²) in [5, 5.41) is 5.22. The second-order valence-corrected chi connectivity index (χ2v) is 9.33. The molecule has 0 unspecified atom stereocenters. The van der Waals surface area contributed by atoms with Gasteiger partial charge < -0.3 is 9.88 Å². The van der Waals surface area contributed by atoms with Gasteiger partial charge in [0.1, 0.15) is 0 Å². The van der Waals surface area contributed by atoms with Crippen LogP contribution in [0, 0.1) is 13.8 Å². The minimum Gasteiger partial charge on any atom is -0.352 e. The monoisotopic (exact) mass is 465 g/mol. The van der Waals surface area contributed by atoms with E-state index in [1.54, 1.807) is 6.20 Å². The molecule has 1 N–H and O–H groups in total. The highest BCUT2D eigenvalue weighted by Gasteiger charge is 2.22. The van der Waals surface area contributed by atoms with Gasteiger partial charge in [0.05, 0.1) is 50.9 Å². The zero-order valence-electron chi connectivity index (χ0n) is 19.1. The van der Waals surface area contributed by atoms with Crippen molar-refractivity contribution < 1.29 is 0 Å². The molecule has 2 aliphatic carbocycles. The molecule has 3 aromatic rings. The lowest BCUT2D eigenvalue weighted by Crippen LogP contribution is -2.16. The van der Waals surface area contributed by atoms with Crippen molar-refractivity contribution in [2.75, 3.05) is 5.32 Å². The summed E-state index contributed by atoms with van der Waals surface area (Å²) in [6.45, 7) is 4.11. The summed E-state index contributed by atoms with van der Waals surface area (Å²) < 4.78 is 2.26. The van der Waals surface area contributed by atoms with Crippen molar-refractivity contribution in [3.05, 3.63) is 94.6 Å². The lowest BCUT2D eigenvalue weighted by atomic mass is 10.1. The third-order valence-corrected chi connectivity index (χ3v) is 6.43. The van der Waals surface area contributed by atoms with E-state index >= 15 is 0 Å². The number of nitrogens with zero attached hydrogens (tertiary/aromatic N) is 4. The van der Waals surface area contributed by atoms with Crippen molar-refractivity contribution >= 4 is 34.0 Å². The van der Waals surface area contributed by atoms with Crippen LogP contribution in [-0.2, 0) is 0 Å². The maximum Gasteiger partial charge on any atom is 0.0900 e. The minimum absolute atomic E-state index is 0.382. The molecule has 2 aromatic carbocycles. The summed E-state index contributed by atoms with van der Waals surface area (Å²) in [6, 6.07) is 22.9. The molecular formula is C28H24ClN5. The van der Waals surface area contributed by atoms with Crippen LogP contribution in [-0.4, -0.2) is 20.6 Å². The average Bonchev–Trinajstić information content (AvgIpc) is 3.65. The molecule has 0 radical (unpaired) electrons. The Kier molecular flexibility index (Phi) is 5.07. The number of anilines is 2. The molecule has 1 aromatic heterocycles. The molecule has 0 amide bonds. The quantitative estimate of drug-likeness (QED) is 0.304. The van der Waals surface area contributed by atoms with Gasteiger partial charge in [-0.1, -0.05) is 17.7 Å². The number of pyridine rings is 1. The maximum absolute atomic E-state index is 6.21. The van der Waals surface area contributed by atoms with Gasteiger partial charge >= 0.3 is 0 Å². The molecule has 6 heteroatoms. The number of nitrogens with one attached hydrogen (secondary N) is 1. The summed E-state index contributed by atoms with van der Waals surface area (Å²) in [5.41, 5.74) is 8.96. The van der Waals surface area contributed by atoms with Crippen LogP contribution in [0.3, 0.4) is 0 Å². The molecule has 5 nitrogen and oxygen atoms in total. The predicted molar refractivity (Wildman–Crippen MR) is 138 cm³/mol. The topological polar surface area (TPSA) is 55.1 Å². The second kappa shape index (κ2) is 8.26. The molecule has 1 aliphatic heterocycles. The SMILES string of the molecule is Cc1ccc2nc3cc(Nc4cccnc4C)/c(=N/C4CC4)cc-3n(-c3ccc(Cl)cc3)c2c1. The van der Waals surface area contributed by atoms with Crippen LogP contribution in [0.15, 0.2) is 77.9 Å². The van der Waals surface area contributed by atoms with Crippen LogP contribution in [0.4, 0.5) is 11.4 Å². The summed E-state index contributed by atoms with van der Waals surface area (Å²) in [7, 11) is 0. The molecule has 168 valence electrons. The number of aromatic nitrogens is 3. The fourth-order valence-electron chi connectivity index (χ4n) is 4.24. The molecule has 0 bridgehead atoms. The molecule has 3 aliphatic rings. The summed E-state index contributed by atoms with van der Waals surface area (Å²) in [5.74, 6) is 0. The predicted octanol–water partition coefficient (Wildman–Crippen LogP) is 6.60. The molecule has 2 heterocycles. The minimum atomic E-state index is 0.382. The highest BCUT2D eigenvalue weighted by Crippen LogP contribution is 2.32. The van der Waals surface area contributed by atoms with Crippen LogP contribution in [0.5, 0.6) is 0 Å². The molecule has 34 heavy (non-hydrogen) atoms. The zero-order chi connectivity index (χ0) is 23.2. The van der Waals surface area contributed by atoms with Crippen molar-refractivity contribution in [1.82, 2.24) is 14.5 Å². The Labute approximate surface area is 203 Å². The maximum atomic E-state index is 6.21. The van der Waals surface area contributed by atoms with Crippen molar-refractivity contribution in [3.8, 4) is 17.1 Å². The Morgan fingerprint density at radius 1 is 0.971 bits per heavy atom. The van der Waals surface area contributed by atoms with Gasteiger partial charge in [-0.15, -0.1) is 0 Å². The summed E-state index contributed by atoms with van der Waals surface area (Å²) in [4.78, 5) is 14.5. The molecule has 1 saturated carbocycles. The number of benzene rings is 3. The Balaban J connectivity index is 1.66. The van der Waals surface area contributed by atoms with Crippen LogP contribution in [0.1, 0.15) is 24.1 Å². The van der Waals surface area contributed by atoms with E-state index in [2.05, 4.69) is 52.1 Å². The summed E-state index contributed by atoms with van der Waals surface area (Å²) >= 11 is 6.21. The van der Waals surface area contributed by atoms with Crippen LogP contribution >= 0.6 is 11.6 Å². The van der Waals surface area contributed by atoms with E-state index < -0.39 is 0 Å². The second-order valence-electron chi connectivity index (χ2n) is 8.90. The Hall–Kier alpha value is -3.70. The lowest BCUT2D eigenvalue weighted by molar-refractivity contribution is 0.997. The van der Waals surface area contributed by atoms with E-state index in [0.29, 0.717) is 11.1 Å². The van der Waals surface area contributed by atoms with E-state index in [1.165, 1.54) is 5.56 Å². The molecule has 0 atom stereocenters. The van der Waals surface area contributed by atoms with Crippen molar-refractivity contribution in [2.24, 2.45) is 4.99 Å². The fourth-order valence-corrected chi connectivity index (χ4v) is 4.36. The zero-order valence-corrected chi connectivity index (χ0v) is 19.8. The highest BCUT2D eigenvalue weighted by molar-refractivity contribution is 6.30. The Morgan fingerprint density at radius 3 is 2.56 bits per heavy atom. The van der Waals surface area contributed by atoms with E-state index in [1.807, 2.05) is 43.3 Å². The van der Waals surface area contributed by atoms with Gasteiger partial charge in [-0.2, -0.15) is 0 Å². The highest BCUT2D eigenvalue weighted by atomic mass is 35.5. The first kappa shape index (κ1) is 20.9. The summed E-state index contributed by atoms with van der Waals surface area (Å²) in [6.07, 6.45) is 4.08. The molecule has 1 fully saturated rings. The Morgan fingerprint density at radius 2 is 1.79 bits per heavy atom. The lowest BCUT2D eigenvalue weighted by Gasteiger charge is -2.21. The largest absolute Gasteiger partial charge is 0.352 e. The van der Waals surface area contributed by atoms with Crippen molar-refractivity contribution in [3.63, 3.8) is 0 Å². The molecule has 6 rings (SSSR count). The van der Waals surface area contributed by atoms with Crippen LogP contribution in [0.2, 0.25) is 5.02 Å². The van der Waals surface area contributed by atoms with Crippen LogP contribution < -0.4 is 10.7 Å². The van der Waals surface area contributed by atoms with E-state index in [4.69, 9.17) is 21.6 Å². The van der Waals surface area contributed by atoms with E-state index in [0.717, 1.165) is 63.4 Å². The van der Waals surface area contributed by atoms with Gasteiger partial charge in [0.15, 0.2) is 0 Å². The normalized spacial score (nSPS) is 14.1. The van der Waals surface area contributed by atoms with Gasteiger partial charge in [0, 0.05) is 16.9 Å². The fraction of sp³-hybridized carbons (Fsp3) is 0.179. The third kappa shape index (κ3) is 3.93.